The van der Waals surface area contributed by atoms with Crippen LogP contribution in [0.5, 0.6) is 11.5 Å². The number of nitro benzene ring substituents is 1. The Kier molecular flexibility index (Phi) is 7.67. The van der Waals surface area contributed by atoms with E-state index in [1.807, 2.05) is 19.9 Å². The van der Waals surface area contributed by atoms with Gasteiger partial charge in [0, 0.05) is 18.7 Å². The van der Waals surface area contributed by atoms with Crippen LogP contribution < -0.4 is 14.8 Å². The predicted octanol–water partition coefficient (Wildman–Crippen LogP) is 4.48. The summed E-state index contributed by atoms with van der Waals surface area (Å²) >= 11 is 2.12. The Bertz CT molecular complexity index is 1070. The number of nitro groups is 1. The average molecular weight is 551 g/mol. The van der Waals surface area contributed by atoms with Crippen LogP contribution in [0.25, 0.3) is 6.08 Å². The van der Waals surface area contributed by atoms with Gasteiger partial charge in [0.25, 0.3) is 11.6 Å². The molecule has 0 saturated carbocycles. The molecule has 9 nitrogen and oxygen atoms in total. The minimum atomic E-state index is -0.451. The standard InChI is InChI=1S/C22H22IN3O6/c1-3-9-25-21(27)18(24-22(25)28)11-15-10-17(23)20(19(12-15)31-4-2)32-13-14-5-7-16(8-6-14)26(29)30/h5-8,10-12H,3-4,9,13H2,1-2H3,(H,24,28)/b18-11+. The van der Waals surface area contributed by atoms with E-state index in [0.717, 1.165) is 9.13 Å². The van der Waals surface area contributed by atoms with Crippen molar-refractivity contribution in [1.29, 1.82) is 0 Å². The Morgan fingerprint density at radius 3 is 2.50 bits per heavy atom. The second kappa shape index (κ2) is 10.4. The van der Waals surface area contributed by atoms with Gasteiger partial charge in [-0.2, -0.15) is 0 Å². The van der Waals surface area contributed by atoms with Crippen molar-refractivity contribution >= 4 is 46.3 Å². The van der Waals surface area contributed by atoms with Crippen LogP contribution in [-0.2, 0) is 11.4 Å². The van der Waals surface area contributed by atoms with E-state index >= 15 is 0 Å². The summed E-state index contributed by atoms with van der Waals surface area (Å²) in [7, 11) is 0. The van der Waals surface area contributed by atoms with Gasteiger partial charge in [0.2, 0.25) is 0 Å². The zero-order valence-corrected chi connectivity index (χ0v) is 19.7. The zero-order valence-electron chi connectivity index (χ0n) is 17.6. The maximum absolute atomic E-state index is 12.5. The maximum Gasteiger partial charge on any atom is 0.329 e. The first-order valence-electron chi connectivity index (χ1n) is 10.0. The molecule has 2 aromatic rings. The minimum Gasteiger partial charge on any atom is -0.490 e. The SMILES string of the molecule is CCCN1C(=O)N/C(=C/c2cc(I)c(OCc3ccc([N+](=O)[O-])cc3)c(OCC)c2)C1=O. The number of halogens is 1. The van der Waals surface area contributed by atoms with Gasteiger partial charge < -0.3 is 14.8 Å². The van der Waals surface area contributed by atoms with Gasteiger partial charge in [-0.15, -0.1) is 0 Å². The number of hydrogen-bond donors (Lipinski definition) is 1. The van der Waals surface area contributed by atoms with E-state index in [1.165, 1.54) is 17.0 Å². The summed E-state index contributed by atoms with van der Waals surface area (Å²) in [5.74, 6) is 0.668. The normalized spacial score (nSPS) is 14.6. The number of carbonyl (C=O) groups excluding carboxylic acids is 2. The second-order valence-electron chi connectivity index (χ2n) is 6.92. The van der Waals surface area contributed by atoms with Crippen LogP contribution in [0.1, 0.15) is 31.4 Å². The van der Waals surface area contributed by atoms with Crippen LogP contribution in [0.3, 0.4) is 0 Å². The number of ether oxygens (including phenoxy) is 2. The van der Waals surface area contributed by atoms with Crippen LogP contribution in [0.15, 0.2) is 42.1 Å². The number of non-ortho nitro benzene ring substituents is 1. The van der Waals surface area contributed by atoms with E-state index in [-0.39, 0.29) is 23.9 Å². The monoisotopic (exact) mass is 551 g/mol. The average Bonchev–Trinajstić information content (AvgIpc) is 3.01. The fourth-order valence-electron chi connectivity index (χ4n) is 3.11. The quantitative estimate of drug-likeness (QED) is 0.162. The molecular weight excluding hydrogens is 529 g/mol. The Morgan fingerprint density at radius 1 is 1.16 bits per heavy atom. The van der Waals surface area contributed by atoms with Crippen molar-refractivity contribution in [3.05, 3.63) is 66.9 Å². The number of nitrogens with zero attached hydrogens (tertiary/aromatic N) is 2. The van der Waals surface area contributed by atoms with E-state index in [0.29, 0.717) is 36.6 Å². The molecule has 1 heterocycles. The summed E-state index contributed by atoms with van der Waals surface area (Å²) in [6, 6.07) is 9.27. The minimum absolute atomic E-state index is 0.0155. The molecule has 0 bridgehead atoms. The van der Waals surface area contributed by atoms with E-state index in [4.69, 9.17) is 9.47 Å². The first-order valence-corrected chi connectivity index (χ1v) is 11.1. The van der Waals surface area contributed by atoms with Crippen molar-refractivity contribution < 1.29 is 24.0 Å². The van der Waals surface area contributed by atoms with Crippen molar-refractivity contribution in [3.63, 3.8) is 0 Å². The highest BCUT2D eigenvalue weighted by molar-refractivity contribution is 14.1. The van der Waals surface area contributed by atoms with Crippen LogP contribution >= 0.6 is 22.6 Å². The van der Waals surface area contributed by atoms with E-state index < -0.39 is 11.0 Å². The molecule has 0 aliphatic carbocycles. The van der Waals surface area contributed by atoms with E-state index in [2.05, 4.69) is 27.9 Å². The lowest BCUT2D eigenvalue weighted by atomic mass is 10.1. The zero-order chi connectivity index (χ0) is 23.3. The summed E-state index contributed by atoms with van der Waals surface area (Å²) < 4.78 is 12.4. The Balaban J connectivity index is 1.82. The van der Waals surface area contributed by atoms with E-state index in [1.54, 1.807) is 24.3 Å². The van der Waals surface area contributed by atoms with Crippen molar-refractivity contribution in [1.82, 2.24) is 10.2 Å². The van der Waals surface area contributed by atoms with Gasteiger partial charge in [-0.25, -0.2) is 4.79 Å². The molecule has 0 spiro atoms. The Morgan fingerprint density at radius 2 is 1.88 bits per heavy atom. The number of hydrogen-bond acceptors (Lipinski definition) is 6. The Hall–Kier alpha value is -3.15. The molecule has 1 saturated heterocycles. The molecule has 0 atom stereocenters. The molecule has 3 amide bonds. The lowest BCUT2D eigenvalue weighted by Crippen LogP contribution is -2.31. The van der Waals surface area contributed by atoms with Crippen LogP contribution in [0.2, 0.25) is 0 Å². The molecule has 2 aromatic carbocycles. The molecule has 1 fully saturated rings. The maximum atomic E-state index is 12.5. The number of rotatable bonds is 9. The first-order chi connectivity index (χ1) is 15.3. The Labute approximate surface area is 198 Å². The van der Waals surface area contributed by atoms with Crippen LogP contribution in [-0.4, -0.2) is 34.9 Å². The fraction of sp³-hybridized carbons (Fsp3) is 0.273. The van der Waals surface area contributed by atoms with Crippen molar-refractivity contribution in [3.8, 4) is 11.5 Å². The number of urea groups is 1. The summed E-state index contributed by atoms with van der Waals surface area (Å²) in [4.78, 5) is 36.0. The molecule has 1 N–H and O–H groups in total. The van der Waals surface area contributed by atoms with Gasteiger partial charge in [-0.3, -0.25) is 19.8 Å². The van der Waals surface area contributed by atoms with Gasteiger partial charge in [0.1, 0.15) is 12.3 Å². The van der Waals surface area contributed by atoms with Crippen molar-refractivity contribution in [2.45, 2.75) is 26.9 Å². The summed E-state index contributed by atoms with van der Waals surface area (Å²) in [5.41, 5.74) is 1.68. The lowest BCUT2D eigenvalue weighted by molar-refractivity contribution is -0.384. The molecule has 168 valence electrons. The molecule has 0 unspecified atom stereocenters. The molecule has 10 heteroatoms. The predicted molar refractivity (Wildman–Crippen MR) is 126 cm³/mol. The highest BCUT2D eigenvalue weighted by Crippen LogP contribution is 2.35. The third-order valence-corrected chi connectivity index (χ3v) is 5.38. The van der Waals surface area contributed by atoms with E-state index in [9.17, 15) is 19.7 Å². The van der Waals surface area contributed by atoms with Crippen molar-refractivity contribution in [2.75, 3.05) is 13.2 Å². The smallest absolute Gasteiger partial charge is 0.329 e. The molecule has 32 heavy (non-hydrogen) atoms. The second-order valence-corrected chi connectivity index (χ2v) is 8.08. The third kappa shape index (κ3) is 5.36. The van der Waals surface area contributed by atoms with Crippen LogP contribution in [0.4, 0.5) is 10.5 Å². The molecular formula is C22H22IN3O6. The molecule has 1 aliphatic rings. The molecule has 0 radical (unpaired) electrons. The van der Waals surface area contributed by atoms with Crippen LogP contribution in [0, 0.1) is 13.7 Å². The highest BCUT2D eigenvalue weighted by Gasteiger charge is 2.32. The number of amides is 3. The number of imide groups is 1. The summed E-state index contributed by atoms with van der Waals surface area (Å²) in [6.07, 6.45) is 2.29. The van der Waals surface area contributed by atoms with Gasteiger partial charge in [-0.05, 0) is 77.4 Å². The first kappa shape index (κ1) is 23.5. The third-order valence-electron chi connectivity index (χ3n) is 4.58. The molecule has 1 aliphatic heterocycles. The van der Waals surface area contributed by atoms with Crippen molar-refractivity contribution in [2.24, 2.45) is 0 Å². The summed E-state index contributed by atoms with van der Waals surface area (Å²) in [6.45, 7) is 4.72. The highest BCUT2D eigenvalue weighted by atomic mass is 127. The topological polar surface area (TPSA) is 111 Å². The molecule has 3 rings (SSSR count). The fourth-order valence-corrected chi connectivity index (χ4v) is 3.89. The number of carbonyl (C=O) groups is 2. The van der Waals surface area contributed by atoms with Gasteiger partial charge >= 0.3 is 6.03 Å². The number of nitrogens with one attached hydrogen (secondary N) is 1. The largest absolute Gasteiger partial charge is 0.490 e. The van der Waals surface area contributed by atoms with Gasteiger partial charge in [-0.1, -0.05) is 6.92 Å². The summed E-state index contributed by atoms with van der Waals surface area (Å²) in [5, 5.41) is 13.4. The molecule has 0 aromatic heterocycles. The lowest BCUT2D eigenvalue weighted by Gasteiger charge is -2.15. The number of benzene rings is 2. The van der Waals surface area contributed by atoms with Gasteiger partial charge in [0.05, 0.1) is 15.1 Å². The van der Waals surface area contributed by atoms with Gasteiger partial charge in [0.15, 0.2) is 11.5 Å².